The fourth-order valence-electron chi connectivity index (χ4n) is 1.30. The first-order valence-electron chi connectivity index (χ1n) is 4.19. The summed E-state index contributed by atoms with van der Waals surface area (Å²) in [6.45, 7) is 3.64. The van der Waals surface area contributed by atoms with Crippen LogP contribution < -0.4 is 0 Å². The summed E-state index contributed by atoms with van der Waals surface area (Å²) in [4.78, 5) is 0. The molecule has 0 aromatic rings. The van der Waals surface area contributed by atoms with E-state index in [1.807, 2.05) is 30.4 Å². The van der Waals surface area contributed by atoms with Crippen LogP contribution in [0.25, 0.3) is 0 Å². The number of halogens is 3. The van der Waals surface area contributed by atoms with E-state index >= 15 is 0 Å². The minimum atomic E-state index is -3.98. The van der Waals surface area contributed by atoms with E-state index in [1.165, 1.54) is 0 Å². The molecule has 4 heteroatoms. The Kier molecular flexibility index (Phi) is 3.92. The normalized spacial score (nSPS) is 20.1. The van der Waals surface area contributed by atoms with E-state index < -0.39 is 15.2 Å². The van der Waals surface area contributed by atoms with Crippen molar-refractivity contribution in [3.05, 3.63) is 37.0 Å². The van der Waals surface area contributed by atoms with Crippen molar-refractivity contribution in [3.8, 4) is 0 Å². The molecule has 1 aliphatic carbocycles. The molecule has 13 heavy (non-hydrogen) atoms. The van der Waals surface area contributed by atoms with Crippen molar-refractivity contribution >= 4 is 25.5 Å². The Bertz CT molecular complexity index is 248. The van der Waals surface area contributed by atoms with Crippen LogP contribution in [0, 0.1) is 0 Å². The van der Waals surface area contributed by atoms with Gasteiger partial charge in [0.1, 0.15) is 0 Å². The first-order valence-corrected chi connectivity index (χ1v) is 16.8. The fourth-order valence-corrected chi connectivity index (χ4v) is 10.6. The third kappa shape index (κ3) is 3.24. The Morgan fingerprint density at radius 3 is 2.23 bits per heavy atom. The predicted octanol–water partition coefficient (Wildman–Crippen LogP) is 5.05. The first-order chi connectivity index (χ1) is 5.94. The Morgan fingerprint density at radius 2 is 1.77 bits per heavy atom. The molecule has 1 aliphatic rings. The molecule has 0 spiro atoms. The molecule has 1 rings (SSSR count). The van der Waals surface area contributed by atoms with Crippen molar-refractivity contribution in [1.82, 2.24) is 0 Å². The molecule has 0 heterocycles. The quantitative estimate of drug-likeness (QED) is 0.637. The predicted molar refractivity (Wildman–Crippen MR) is 59.2 cm³/mol. The summed E-state index contributed by atoms with van der Waals surface area (Å²) in [5.41, 5.74) is 0. The maximum atomic E-state index is 6.37. The van der Waals surface area contributed by atoms with Gasteiger partial charge in [-0.2, -0.15) is 0 Å². The van der Waals surface area contributed by atoms with E-state index in [2.05, 4.69) is 6.58 Å². The third-order valence-electron chi connectivity index (χ3n) is 2.14. The van der Waals surface area contributed by atoms with Crippen LogP contribution in [-0.2, 0) is 15.2 Å². The fraction of sp³-hybridized carbons (Fsp3) is 0.333. The van der Waals surface area contributed by atoms with Gasteiger partial charge >= 0.3 is 91.9 Å². The molecule has 0 aromatic carbocycles. The summed E-state index contributed by atoms with van der Waals surface area (Å²) in [6.07, 6.45) is 10.5. The zero-order valence-electron chi connectivity index (χ0n) is 7.22. The van der Waals surface area contributed by atoms with Gasteiger partial charge in [-0.1, -0.05) is 0 Å². The second kappa shape index (κ2) is 4.23. The van der Waals surface area contributed by atoms with Crippen molar-refractivity contribution in [3.63, 3.8) is 0 Å². The van der Waals surface area contributed by atoms with Crippen molar-refractivity contribution < 1.29 is 15.2 Å². The molecular weight excluding hydrogens is 306 g/mol. The molecule has 73 valence electrons. The van der Waals surface area contributed by atoms with Gasteiger partial charge in [0.05, 0.1) is 0 Å². The molecule has 0 amide bonds. The number of hydrogen-bond donors (Lipinski definition) is 0. The van der Waals surface area contributed by atoms with Gasteiger partial charge in [-0.3, -0.25) is 0 Å². The van der Waals surface area contributed by atoms with Crippen molar-refractivity contribution in [2.24, 2.45) is 0 Å². The minimum absolute atomic E-state index is 0.0754. The number of allylic oxidation sites excluding steroid dienone is 5. The van der Waals surface area contributed by atoms with E-state index in [-0.39, 0.29) is 3.63 Å². The van der Waals surface area contributed by atoms with Gasteiger partial charge < -0.3 is 0 Å². The van der Waals surface area contributed by atoms with Gasteiger partial charge in [0.15, 0.2) is 0 Å². The van der Waals surface area contributed by atoms with Crippen LogP contribution in [0.5, 0.6) is 0 Å². The molecule has 0 saturated heterocycles. The Hall–Kier alpha value is 0.973. The molecule has 0 fully saturated rings. The molecule has 0 radical (unpaired) electrons. The summed E-state index contributed by atoms with van der Waals surface area (Å²) >= 11 is -3.98. The van der Waals surface area contributed by atoms with Gasteiger partial charge in [0.25, 0.3) is 0 Å². The van der Waals surface area contributed by atoms with E-state index in [0.29, 0.717) is 4.13 Å². The average Bonchev–Trinajstić information content (AvgIpc) is 2.53. The zero-order chi connectivity index (χ0) is 9.97. The summed E-state index contributed by atoms with van der Waals surface area (Å²) in [5, 5.41) is 0. The monoisotopic (exact) mass is 315 g/mol. The first kappa shape index (κ1) is 12.0. The maximum absolute atomic E-state index is 6.37. The van der Waals surface area contributed by atoms with E-state index in [9.17, 15) is 0 Å². The molecule has 0 bridgehead atoms. The molecule has 0 nitrogen and oxygen atoms in total. The van der Waals surface area contributed by atoms with Gasteiger partial charge in [0.2, 0.25) is 0 Å². The zero-order valence-corrected chi connectivity index (χ0v) is 11.9. The topological polar surface area (TPSA) is 0 Å². The van der Waals surface area contributed by atoms with E-state index in [1.54, 1.807) is 0 Å². The van der Waals surface area contributed by atoms with Gasteiger partial charge in [-0.25, -0.2) is 0 Å². The molecule has 0 aliphatic heterocycles. The Morgan fingerprint density at radius 1 is 1.23 bits per heavy atom. The molecule has 0 atom stereocenters. The van der Waals surface area contributed by atoms with Crippen LogP contribution in [0.15, 0.2) is 37.0 Å². The van der Waals surface area contributed by atoms with Crippen LogP contribution in [0.1, 0.15) is 6.42 Å². The van der Waals surface area contributed by atoms with Crippen LogP contribution in [-0.4, -0.2) is 0 Å². The standard InChI is InChI=1S/C5H5.C4H7.3ClH.Zr/c1-2-4-5-3-1;1-3-4-2;;;;/h1-5H;3H,1-2,4H2;3*1H;/q;;;;;+3/p-3. The van der Waals surface area contributed by atoms with Gasteiger partial charge in [-0.15, -0.1) is 0 Å². The van der Waals surface area contributed by atoms with E-state index in [4.69, 9.17) is 25.5 Å². The Labute approximate surface area is 91.0 Å². The third-order valence-corrected chi connectivity index (χ3v) is 16.7. The molecule has 0 N–H and O–H groups in total. The van der Waals surface area contributed by atoms with Crippen molar-refractivity contribution in [2.45, 2.75) is 14.2 Å². The number of hydrogen-bond acceptors (Lipinski definition) is 0. The van der Waals surface area contributed by atoms with Crippen LogP contribution >= 0.6 is 25.5 Å². The second-order valence-electron chi connectivity index (χ2n) is 3.27. The molecular formula is C9H12Cl3Zr. The summed E-state index contributed by atoms with van der Waals surface area (Å²) < 4.78 is 0.765. The van der Waals surface area contributed by atoms with Crippen molar-refractivity contribution in [1.29, 1.82) is 0 Å². The van der Waals surface area contributed by atoms with E-state index in [0.717, 1.165) is 6.42 Å². The van der Waals surface area contributed by atoms with Crippen molar-refractivity contribution in [2.75, 3.05) is 0 Å². The molecule has 0 aromatic heterocycles. The molecule has 0 unspecified atom stereocenters. The second-order valence-corrected chi connectivity index (χ2v) is 30.5. The van der Waals surface area contributed by atoms with Crippen LogP contribution in [0.3, 0.4) is 0 Å². The summed E-state index contributed by atoms with van der Waals surface area (Å²) in [6, 6.07) is 0. The average molecular weight is 318 g/mol. The summed E-state index contributed by atoms with van der Waals surface area (Å²) in [7, 11) is 19.1. The SMILES string of the molecule is C=CC[CH2][Zr]([Cl])([Cl])([Cl])[CH]1C=CC=C1. The number of rotatable bonds is 4. The van der Waals surface area contributed by atoms with Gasteiger partial charge in [-0.05, 0) is 0 Å². The Balaban J connectivity index is 2.75. The van der Waals surface area contributed by atoms with Gasteiger partial charge in [0, 0.05) is 0 Å². The van der Waals surface area contributed by atoms with Crippen LogP contribution in [0.2, 0.25) is 7.75 Å². The van der Waals surface area contributed by atoms with Crippen LogP contribution in [0.4, 0.5) is 0 Å². The molecule has 0 saturated carbocycles. The summed E-state index contributed by atoms with van der Waals surface area (Å²) in [5.74, 6) is 0.